The van der Waals surface area contributed by atoms with Crippen molar-refractivity contribution in [2.24, 2.45) is 0 Å². The molecule has 0 bridgehead atoms. The van der Waals surface area contributed by atoms with Crippen LogP contribution in [0.1, 0.15) is 15.9 Å². The van der Waals surface area contributed by atoms with Crippen LogP contribution in [0.4, 0.5) is 8.78 Å². The Kier molecular flexibility index (Phi) is 4.84. The summed E-state index contributed by atoms with van der Waals surface area (Å²) in [6.45, 7) is 0. The quantitative estimate of drug-likeness (QED) is 0.886. The maximum Gasteiger partial charge on any atom is 0.336 e. The Bertz CT molecular complexity index is 734. The largest absolute Gasteiger partial charge is 0.478 e. The predicted molar refractivity (Wildman–Crippen MR) is 77.6 cm³/mol. The Morgan fingerprint density at radius 2 is 1.90 bits per heavy atom. The van der Waals surface area contributed by atoms with Gasteiger partial charge in [-0.05, 0) is 24.3 Å². The van der Waals surface area contributed by atoms with Gasteiger partial charge in [-0.25, -0.2) is 13.6 Å². The highest BCUT2D eigenvalue weighted by atomic mass is 79.9. The number of halogens is 3. The van der Waals surface area contributed by atoms with Crippen LogP contribution in [-0.2, 0) is 16.6 Å². The van der Waals surface area contributed by atoms with Crippen molar-refractivity contribution in [1.82, 2.24) is 0 Å². The maximum atomic E-state index is 13.6. The zero-order chi connectivity index (χ0) is 15.6. The fourth-order valence-electron chi connectivity index (χ4n) is 1.72. The topological polar surface area (TPSA) is 54.4 Å². The number of hydrogen-bond donors (Lipinski definition) is 1. The number of rotatable bonds is 4. The number of carboxylic acid groups (broad SMARTS) is 1. The molecule has 0 saturated heterocycles. The van der Waals surface area contributed by atoms with E-state index in [1.165, 1.54) is 24.3 Å². The Balaban J connectivity index is 2.36. The predicted octanol–water partition coefficient (Wildman–Crippen LogP) is 3.73. The molecule has 1 atom stereocenters. The van der Waals surface area contributed by atoms with Crippen LogP contribution in [0.5, 0.6) is 0 Å². The van der Waals surface area contributed by atoms with Gasteiger partial charge in [0, 0.05) is 16.1 Å². The molecule has 0 aliphatic carbocycles. The first-order valence-electron chi connectivity index (χ1n) is 5.73. The fraction of sp³-hybridized carbons (Fsp3) is 0.0714. The number of hydrogen-bond acceptors (Lipinski definition) is 2. The van der Waals surface area contributed by atoms with E-state index in [4.69, 9.17) is 5.11 Å². The normalized spacial score (nSPS) is 12.1. The molecule has 110 valence electrons. The second-order valence-electron chi connectivity index (χ2n) is 4.17. The van der Waals surface area contributed by atoms with Crippen LogP contribution in [0.3, 0.4) is 0 Å². The molecule has 2 rings (SSSR count). The Hall–Kier alpha value is -1.60. The van der Waals surface area contributed by atoms with Gasteiger partial charge in [-0.1, -0.05) is 22.0 Å². The van der Waals surface area contributed by atoms with Gasteiger partial charge < -0.3 is 5.11 Å². The van der Waals surface area contributed by atoms with E-state index in [0.717, 1.165) is 6.07 Å². The third-order valence-corrected chi connectivity index (χ3v) is 4.62. The summed E-state index contributed by atoms with van der Waals surface area (Å²) in [6, 6.07) is 7.21. The van der Waals surface area contributed by atoms with E-state index in [1.54, 1.807) is 0 Å². The number of carboxylic acids is 1. The summed E-state index contributed by atoms with van der Waals surface area (Å²) in [5, 5.41) is 9.09. The van der Waals surface area contributed by atoms with Gasteiger partial charge in [0.05, 0.1) is 27.0 Å². The average Bonchev–Trinajstić information content (AvgIpc) is 2.41. The SMILES string of the molecule is O=C(O)c1ccc(Br)cc1S(=O)Cc1ccc(F)cc1F. The van der Waals surface area contributed by atoms with Crippen LogP contribution >= 0.6 is 15.9 Å². The van der Waals surface area contributed by atoms with Crippen LogP contribution < -0.4 is 0 Å². The summed E-state index contributed by atoms with van der Waals surface area (Å²) in [5.41, 5.74) is -0.0508. The van der Waals surface area contributed by atoms with Crippen LogP contribution in [0.25, 0.3) is 0 Å². The first-order chi connectivity index (χ1) is 9.88. The van der Waals surface area contributed by atoms with E-state index >= 15 is 0 Å². The first-order valence-corrected chi connectivity index (χ1v) is 7.85. The molecule has 0 spiro atoms. The zero-order valence-electron chi connectivity index (χ0n) is 10.5. The van der Waals surface area contributed by atoms with E-state index in [-0.39, 0.29) is 21.8 Å². The molecule has 0 fully saturated rings. The van der Waals surface area contributed by atoms with Crippen molar-refractivity contribution < 1.29 is 22.9 Å². The smallest absolute Gasteiger partial charge is 0.336 e. The van der Waals surface area contributed by atoms with Crippen molar-refractivity contribution in [1.29, 1.82) is 0 Å². The highest BCUT2D eigenvalue weighted by Gasteiger charge is 2.17. The highest BCUT2D eigenvalue weighted by molar-refractivity contribution is 9.10. The van der Waals surface area contributed by atoms with Crippen LogP contribution in [-0.4, -0.2) is 15.3 Å². The molecule has 2 aromatic carbocycles. The van der Waals surface area contributed by atoms with E-state index in [9.17, 15) is 17.8 Å². The second-order valence-corrected chi connectivity index (χ2v) is 6.51. The molecule has 2 aromatic rings. The van der Waals surface area contributed by atoms with Gasteiger partial charge in [-0.15, -0.1) is 0 Å². The van der Waals surface area contributed by atoms with Crippen molar-refractivity contribution in [2.75, 3.05) is 0 Å². The van der Waals surface area contributed by atoms with Gasteiger partial charge in [0.1, 0.15) is 11.6 Å². The number of benzene rings is 2. The minimum absolute atomic E-state index is 0.0612. The summed E-state index contributed by atoms with van der Waals surface area (Å²) in [4.78, 5) is 11.2. The van der Waals surface area contributed by atoms with Crippen LogP contribution in [0.2, 0.25) is 0 Å². The van der Waals surface area contributed by atoms with Gasteiger partial charge in [0.2, 0.25) is 0 Å². The summed E-state index contributed by atoms with van der Waals surface area (Å²) in [7, 11) is -1.77. The molecule has 0 aliphatic rings. The Morgan fingerprint density at radius 3 is 2.52 bits per heavy atom. The highest BCUT2D eigenvalue weighted by Crippen LogP contribution is 2.23. The standard InChI is InChI=1S/C14H9BrF2O3S/c15-9-2-4-11(14(18)19)13(5-9)21(20)7-8-1-3-10(16)6-12(8)17/h1-6H,7H2,(H,18,19). The minimum atomic E-state index is -1.77. The molecular weight excluding hydrogens is 366 g/mol. The molecule has 0 radical (unpaired) electrons. The van der Waals surface area contributed by atoms with Crippen molar-refractivity contribution in [2.45, 2.75) is 10.6 Å². The van der Waals surface area contributed by atoms with Crippen molar-refractivity contribution >= 4 is 32.7 Å². The summed E-state index contributed by atoms with van der Waals surface area (Å²) >= 11 is 3.17. The lowest BCUT2D eigenvalue weighted by Crippen LogP contribution is -2.07. The van der Waals surface area contributed by atoms with E-state index < -0.39 is 28.4 Å². The molecule has 0 amide bonds. The van der Waals surface area contributed by atoms with Crippen LogP contribution in [0, 0.1) is 11.6 Å². The lowest BCUT2D eigenvalue weighted by Gasteiger charge is -2.08. The van der Waals surface area contributed by atoms with Crippen LogP contribution in [0.15, 0.2) is 45.8 Å². The monoisotopic (exact) mass is 374 g/mol. The van der Waals surface area contributed by atoms with Gasteiger partial charge >= 0.3 is 5.97 Å². The third-order valence-electron chi connectivity index (χ3n) is 2.72. The first kappa shape index (κ1) is 15.8. The Morgan fingerprint density at radius 1 is 1.19 bits per heavy atom. The lowest BCUT2D eigenvalue weighted by molar-refractivity contribution is 0.0693. The molecule has 7 heteroatoms. The maximum absolute atomic E-state index is 13.6. The van der Waals surface area contributed by atoms with Crippen molar-refractivity contribution in [3.8, 4) is 0 Å². The summed E-state index contributed by atoms with van der Waals surface area (Å²) in [5.74, 6) is -2.99. The van der Waals surface area contributed by atoms with E-state index in [2.05, 4.69) is 15.9 Å². The average molecular weight is 375 g/mol. The molecule has 21 heavy (non-hydrogen) atoms. The summed E-state index contributed by atoms with van der Waals surface area (Å²) in [6.07, 6.45) is 0. The molecule has 3 nitrogen and oxygen atoms in total. The lowest BCUT2D eigenvalue weighted by atomic mass is 10.2. The fourth-order valence-corrected chi connectivity index (χ4v) is 3.56. The molecule has 0 heterocycles. The zero-order valence-corrected chi connectivity index (χ0v) is 12.9. The molecule has 1 N–H and O–H groups in total. The number of aromatic carboxylic acids is 1. The molecule has 0 saturated carbocycles. The minimum Gasteiger partial charge on any atom is -0.478 e. The third kappa shape index (κ3) is 3.74. The molecular formula is C14H9BrF2O3S. The molecule has 0 aliphatic heterocycles. The van der Waals surface area contributed by atoms with Crippen molar-refractivity contribution in [3.63, 3.8) is 0 Å². The van der Waals surface area contributed by atoms with E-state index in [1.807, 2.05) is 0 Å². The van der Waals surface area contributed by atoms with Gasteiger partial charge in [0.25, 0.3) is 0 Å². The van der Waals surface area contributed by atoms with Crippen molar-refractivity contribution in [3.05, 3.63) is 63.6 Å². The Labute approximate surface area is 130 Å². The number of carbonyl (C=O) groups is 1. The second kappa shape index (κ2) is 6.44. The summed E-state index contributed by atoms with van der Waals surface area (Å²) < 4.78 is 39.3. The van der Waals surface area contributed by atoms with Gasteiger partial charge in [-0.2, -0.15) is 0 Å². The van der Waals surface area contributed by atoms with E-state index in [0.29, 0.717) is 10.5 Å². The van der Waals surface area contributed by atoms with Gasteiger partial charge in [-0.3, -0.25) is 4.21 Å². The molecule has 1 unspecified atom stereocenters. The van der Waals surface area contributed by atoms with Gasteiger partial charge in [0.15, 0.2) is 0 Å². The molecule has 0 aromatic heterocycles.